The smallest absolute Gasteiger partial charge is 0.410 e. The Balaban J connectivity index is 2.23. The Labute approximate surface area is 125 Å². The zero-order chi connectivity index (χ0) is 15.5. The third kappa shape index (κ3) is 3.94. The van der Waals surface area contributed by atoms with E-state index in [0.29, 0.717) is 12.1 Å². The van der Waals surface area contributed by atoms with Crippen LogP contribution in [-0.4, -0.2) is 28.1 Å². The summed E-state index contributed by atoms with van der Waals surface area (Å²) in [6.45, 7) is 6.27. The van der Waals surface area contributed by atoms with Crippen LogP contribution < -0.4 is 0 Å². The third-order valence-corrected chi connectivity index (χ3v) is 3.40. The molecule has 5 nitrogen and oxygen atoms in total. The van der Waals surface area contributed by atoms with E-state index >= 15 is 0 Å². The molecule has 5 heteroatoms. The largest absolute Gasteiger partial charge is 0.444 e. The first-order valence-corrected chi connectivity index (χ1v) is 7.25. The molecule has 1 unspecified atom stereocenters. The summed E-state index contributed by atoms with van der Waals surface area (Å²) >= 11 is 0. The second-order valence-electron chi connectivity index (χ2n) is 6.30. The number of hydrogen-bond acceptors (Lipinski definition) is 4. The van der Waals surface area contributed by atoms with Crippen LogP contribution in [0.4, 0.5) is 4.79 Å². The number of nitriles is 1. The highest BCUT2D eigenvalue weighted by Gasteiger charge is 2.31. The van der Waals surface area contributed by atoms with Gasteiger partial charge in [-0.05, 0) is 51.7 Å². The highest BCUT2D eigenvalue weighted by atomic mass is 16.6. The SMILES string of the molecule is CC(C)(C)OC(=O)N1CCCCC1c1cncc(C#N)c1. The molecular weight excluding hydrogens is 266 g/mol. The zero-order valence-electron chi connectivity index (χ0n) is 12.8. The summed E-state index contributed by atoms with van der Waals surface area (Å²) in [7, 11) is 0. The molecule has 1 fully saturated rings. The highest BCUT2D eigenvalue weighted by molar-refractivity contribution is 5.69. The van der Waals surface area contributed by atoms with Crippen LogP contribution >= 0.6 is 0 Å². The van der Waals surface area contributed by atoms with E-state index in [9.17, 15) is 4.79 Å². The van der Waals surface area contributed by atoms with Crippen LogP contribution in [-0.2, 0) is 4.74 Å². The topological polar surface area (TPSA) is 66.2 Å². The molecule has 0 radical (unpaired) electrons. The molecule has 0 bridgehead atoms. The van der Waals surface area contributed by atoms with Crippen molar-refractivity contribution in [1.29, 1.82) is 5.26 Å². The van der Waals surface area contributed by atoms with Gasteiger partial charge >= 0.3 is 6.09 Å². The van der Waals surface area contributed by atoms with E-state index in [0.717, 1.165) is 24.8 Å². The fourth-order valence-corrected chi connectivity index (χ4v) is 2.52. The van der Waals surface area contributed by atoms with Crippen LogP contribution in [0.5, 0.6) is 0 Å². The number of nitrogens with zero attached hydrogens (tertiary/aromatic N) is 3. The molecule has 0 spiro atoms. The monoisotopic (exact) mass is 287 g/mol. The number of hydrogen-bond donors (Lipinski definition) is 0. The second kappa shape index (κ2) is 6.13. The lowest BCUT2D eigenvalue weighted by Gasteiger charge is -2.36. The van der Waals surface area contributed by atoms with Gasteiger partial charge in [0.05, 0.1) is 11.6 Å². The third-order valence-electron chi connectivity index (χ3n) is 3.40. The van der Waals surface area contributed by atoms with Crippen LogP contribution in [0.2, 0.25) is 0 Å². The second-order valence-corrected chi connectivity index (χ2v) is 6.30. The lowest BCUT2D eigenvalue weighted by atomic mass is 9.96. The van der Waals surface area contributed by atoms with Crippen LogP contribution in [0.15, 0.2) is 18.5 Å². The standard InChI is InChI=1S/C16H21N3O2/c1-16(2,3)21-15(20)19-7-5-4-6-14(19)13-8-12(9-17)10-18-11-13/h8,10-11,14H,4-7H2,1-3H3. The van der Waals surface area contributed by atoms with Crippen LogP contribution in [0, 0.1) is 11.3 Å². The van der Waals surface area contributed by atoms with Crippen LogP contribution in [0.3, 0.4) is 0 Å². The average molecular weight is 287 g/mol. The van der Waals surface area contributed by atoms with E-state index in [1.807, 2.05) is 20.8 Å². The Kier molecular flexibility index (Phi) is 4.46. The Morgan fingerprint density at radius 2 is 2.19 bits per heavy atom. The van der Waals surface area contributed by atoms with Gasteiger partial charge in [0.15, 0.2) is 0 Å². The molecule has 1 aromatic rings. The van der Waals surface area contributed by atoms with Crippen LogP contribution in [0.1, 0.15) is 57.2 Å². The molecule has 1 amide bonds. The summed E-state index contributed by atoms with van der Waals surface area (Å²) in [6, 6.07) is 3.84. The molecule has 2 rings (SSSR count). The Bertz CT molecular complexity index is 557. The minimum Gasteiger partial charge on any atom is -0.444 e. The van der Waals surface area contributed by atoms with E-state index in [1.165, 1.54) is 6.20 Å². The molecule has 0 N–H and O–H groups in total. The van der Waals surface area contributed by atoms with Gasteiger partial charge in [-0.3, -0.25) is 4.98 Å². The molecule has 1 saturated heterocycles. The Hall–Kier alpha value is -2.09. The van der Waals surface area contributed by atoms with Gasteiger partial charge in [0, 0.05) is 18.9 Å². The number of carbonyl (C=O) groups excluding carboxylic acids is 1. The molecule has 1 aromatic heterocycles. The lowest BCUT2D eigenvalue weighted by molar-refractivity contribution is 0.00948. The van der Waals surface area contributed by atoms with E-state index in [1.54, 1.807) is 17.2 Å². The lowest BCUT2D eigenvalue weighted by Crippen LogP contribution is -2.41. The Morgan fingerprint density at radius 3 is 2.86 bits per heavy atom. The van der Waals surface area contributed by atoms with E-state index in [-0.39, 0.29) is 12.1 Å². The van der Waals surface area contributed by atoms with Crippen molar-refractivity contribution < 1.29 is 9.53 Å². The molecule has 2 heterocycles. The quantitative estimate of drug-likeness (QED) is 0.793. The molecule has 112 valence electrons. The zero-order valence-corrected chi connectivity index (χ0v) is 12.8. The van der Waals surface area contributed by atoms with Crippen molar-refractivity contribution in [2.24, 2.45) is 0 Å². The first-order valence-electron chi connectivity index (χ1n) is 7.25. The number of ether oxygens (including phenoxy) is 1. The highest BCUT2D eigenvalue weighted by Crippen LogP contribution is 2.32. The van der Waals surface area contributed by atoms with Gasteiger partial charge < -0.3 is 9.64 Å². The van der Waals surface area contributed by atoms with Crippen molar-refractivity contribution in [2.75, 3.05) is 6.54 Å². The molecule has 0 aliphatic carbocycles. The molecule has 21 heavy (non-hydrogen) atoms. The van der Waals surface area contributed by atoms with Gasteiger partial charge in [-0.15, -0.1) is 0 Å². The Morgan fingerprint density at radius 1 is 1.43 bits per heavy atom. The van der Waals surface area contributed by atoms with Crippen LogP contribution in [0.25, 0.3) is 0 Å². The number of pyridine rings is 1. The predicted octanol–water partition coefficient (Wildman–Crippen LogP) is 3.42. The molecule has 1 aliphatic heterocycles. The molecule has 1 atom stereocenters. The van der Waals surface area contributed by atoms with E-state index in [4.69, 9.17) is 10.00 Å². The maximum absolute atomic E-state index is 12.4. The summed E-state index contributed by atoms with van der Waals surface area (Å²) in [5.41, 5.74) is 0.910. The molecule has 0 aromatic carbocycles. The van der Waals surface area contributed by atoms with Gasteiger partial charge in [-0.25, -0.2) is 4.79 Å². The molecular formula is C16H21N3O2. The summed E-state index contributed by atoms with van der Waals surface area (Å²) in [6.07, 6.45) is 5.87. The fraction of sp³-hybridized carbons (Fsp3) is 0.562. The fourth-order valence-electron chi connectivity index (χ4n) is 2.52. The van der Waals surface area contributed by atoms with Crippen molar-refractivity contribution in [3.8, 4) is 6.07 Å². The normalized spacial score (nSPS) is 19.0. The molecule has 1 aliphatic rings. The molecule has 0 saturated carbocycles. The number of piperidine rings is 1. The number of amides is 1. The maximum atomic E-state index is 12.4. The summed E-state index contributed by atoms with van der Waals surface area (Å²) in [4.78, 5) is 18.2. The van der Waals surface area contributed by atoms with Crippen molar-refractivity contribution in [3.05, 3.63) is 29.6 Å². The van der Waals surface area contributed by atoms with Gasteiger partial charge in [-0.1, -0.05) is 0 Å². The average Bonchev–Trinajstić information content (AvgIpc) is 2.45. The number of aromatic nitrogens is 1. The van der Waals surface area contributed by atoms with Gasteiger partial charge in [0.1, 0.15) is 11.7 Å². The van der Waals surface area contributed by atoms with Crippen molar-refractivity contribution in [1.82, 2.24) is 9.88 Å². The van der Waals surface area contributed by atoms with Crippen molar-refractivity contribution >= 4 is 6.09 Å². The summed E-state index contributed by atoms with van der Waals surface area (Å²) < 4.78 is 5.49. The number of likely N-dealkylation sites (tertiary alicyclic amines) is 1. The first kappa shape index (κ1) is 15.3. The summed E-state index contributed by atoms with van der Waals surface area (Å²) in [5, 5.41) is 8.99. The minimum absolute atomic E-state index is 0.0607. The first-order chi connectivity index (χ1) is 9.90. The van der Waals surface area contributed by atoms with Gasteiger partial charge in [0.25, 0.3) is 0 Å². The maximum Gasteiger partial charge on any atom is 0.410 e. The van der Waals surface area contributed by atoms with Crippen molar-refractivity contribution in [3.63, 3.8) is 0 Å². The van der Waals surface area contributed by atoms with Gasteiger partial charge in [-0.2, -0.15) is 5.26 Å². The van der Waals surface area contributed by atoms with E-state index in [2.05, 4.69) is 11.1 Å². The van der Waals surface area contributed by atoms with Gasteiger partial charge in [0.2, 0.25) is 0 Å². The number of rotatable bonds is 1. The van der Waals surface area contributed by atoms with Crippen molar-refractivity contribution in [2.45, 2.75) is 51.7 Å². The number of carbonyl (C=O) groups is 1. The van der Waals surface area contributed by atoms with E-state index < -0.39 is 5.60 Å². The minimum atomic E-state index is -0.508. The predicted molar refractivity (Wildman–Crippen MR) is 78.5 cm³/mol. The summed E-state index contributed by atoms with van der Waals surface area (Å²) in [5.74, 6) is 0.